The predicted molar refractivity (Wildman–Crippen MR) is 92.8 cm³/mol. The first-order valence-electron chi connectivity index (χ1n) is 8.51. The summed E-state index contributed by atoms with van der Waals surface area (Å²) in [6.07, 6.45) is 3.95. The zero-order valence-corrected chi connectivity index (χ0v) is 14.8. The maximum absolute atomic E-state index is 11.9. The largest absolute Gasteiger partial charge is 0.493 e. The summed E-state index contributed by atoms with van der Waals surface area (Å²) in [6, 6.07) is 5.79. The molecule has 1 aliphatic heterocycles. The molecule has 1 heterocycles. The van der Waals surface area contributed by atoms with Crippen LogP contribution in [-0.2, 0) is 11.2 Å². The number of rotatable bonds is 8. The summed E-state index contributed by atoms with van der Waals surface area (Å²) in [6.45, 7) is 3.40. The van der Waals surface area contributed by atoms with Gasteiger partial charge in [-0.1, -0.05) is 6.07 Å². The van der Waals surface area contributed by atoms with Crippen LogP contribution >= 0.6 is 0 Å². The predicted octanol–water partition coefficient (Wildman–Crippen LogP) is 2.50. The van der Waals surface area contributed by atoms with E-state index in [9.17, 15) is 4.79 Å². The van der Waals surface area contributed by atoms with E-state index in [1.165, 1.54) is 0 Å². The van der Waals surface area contributed by atoms with E-state index in [4.69, 9.17) is 14.2 Å². The Labute approximate surface area is 143 Å². The van der Waals surface area contributed by atoms with Crippen LogP contribution in [0.4, 0.5) is 4.79 Å². The lowest BCUT2D eigenvalue weighted by atomic mass is 10.1. The van der Waals surface area contributed by atoms with Crippen molar-refractivity contribution in [3.63, 3.8) is 0 Å². The van der Waals surface area contributed by atoms with Crippen molar-refractivity contribution in [1.29, 1.82) is 0 Å². The Kier molecular flexibility index (Phi) is 7.18. The zero-order chi connectivity index (χ0) is 17.4. The van der Waals surface area contributed by atoms with Gasteiger partial charge in [-0.25, -0.2) is 4.79 Å². The van der Waals surface area contributed by atoms with Gasteiger partial charge in [-0.3, -0.25) is 0 Å². The highest BCUT2D eigenvalue weighted by Crippen LogP contribution is 2.27. The number of benzene rings is 1. The van der Waals surface area contributed by atoms with Crippen molar-refractivity contribution in [1.82, 2.24) is 10.6 Å². The summed E-state index contributed by atoms with van der Waals surface area (Å²) in [4.78, 5) is 11.9. The molecule has 1 saturated heterocycles. The van der Waals surface area contributed by atoms with E-state index in [2.05, 4.69) is 10.6 Å². The fraction of sp³-hybridized carbons (Fsp3) is 0.611. The van der Waals surface area contributed by atoms with E-state index in [0.717, 1.165) is 49.4 Å². The normalized spacial score (nSPS) is 18.0. The van der Waals surface area contributed by atoms with Crippen LogP contribution in [0.1, 0.15) is 31.7 Å². The lowest BCUT2D eigenvalue weighted by molar-refractivity contribution is 0.0860. The highest BCUT2D eigenvalue weighted by molar-refractivity contribution is 5.74. The van der Waals surface area contributed by atoms with Crippen molar-refractivity contribution < 1.29 is 19.0 Å². The molecule has 2 amide bonds. The molecule has 0 spiro atoms. The maximum atomic E-state index is 11.9. The second-order valence-electron chi connectivity index (χ2n) is 6.03. The molecule has 2 atom stereocenters. The van der Waals surface area contributed by atoms with Gasteiger partial charge in [-0.15, -0.1) is 0 Å². The van der Waals surface area contributed by atoms with Crippen molar-refractivity contribution in [2.45, 2.75) is 44.8 Å². The fourth-order valence-corrected chi connectivity index (χ4v) is 2.88. The third kappa shape index (κ3) is 5.30. The average Bonchev–Trinajstić information content (AvgIpc) is 3.13. The van der Waals surface area contributed by atoms with Gasteiger partial charge in [0.25, 0.3) is 0 Å². The number of carbonyl (C=O) groups is 1. The van der Waals surface area contributed by atoms with Crippen molar-refractivity contribution in [2.75, 3.05) is 27.4 Å². The van der Waals surface area contributed by atoms with E-state index in [-0.39, 0.29) is 18.2 Å². The fourth-order valence-electron chi connectivity index (χ4n) is 2.88. The molecular formula is C18H28N2O4. The second-order valence-corrected chi connectivity index (χ2v) is 6.03. The number of nitrogens with one attached hydrogen (secondary N) is 2. The molecule has 1 aromatic carbocycles. The SMILES string of the molecule is COc1ccc(CCCNC(=O)N[C@@H](C)[C@H]2CCCO2)cc1OC. The highest BCUT2D eigenvalue weighted by atomic mass is 16.5. The molecule has 2 N–H and O–H groups in total. The van der Waals surface area contributed by atoms with Crippen LogP contribution in [0, 0.1) is 0 Å². The van der Waals surface area contributed by atoms with E-state index >= 15 is 0 Å². The van der Waals surface area contributed by atoms with Crippen LogP contribution in [0.5, 0.6) is 11.5 Å². The Balaban J connectivity index is 1.67. The number of hydrogen-bond donors (Lipinski definition) is 2. The molecule has 2 rings (SSSR count). The molecule has 0 saturated carbocycles. The molecule has 6 heteroatoms. The maximum Gasteiger partial charge on any atom is 0.315 e. The first-order valence-corrected chi connectivity index (χ1v) is 8.51. The van der Waals surface area contributed by atoms with Gasteiger partial charge >= 0.3 is 6.03 Å². The van der Waals surface area contributed by atoms with Gasteiger partial charge in [0.15, 0.2) is 11.5 Å². The summed E-state index contributed by atoms with van der Waals surface area (Å²) < 4.78 is 16.1. The van der Waals surface area contributed by atoms with E-state index in [1.807, 2.05) is 25.1 Å². The van der Waals surface area contributed by atoms with Gasteiger partial charge in [0.05, 0.1) is 26.4 Å². The molecule has 0 aromatic heterocycles. The Morgan fingerprint density at radius 1 is 1.33 bits per heavy atom. The van der Waals surface area contributed by atoms with Crippen LogP contribution in [-0.4, -0.2) is 45.5 Å². The van der Waals surface area contributed by atoms with Crippen molar-refractivity contribution in [2.24, 2.45) is 0 Å². The standard InChI is InChI=1S/C18H28N2O4/c1-13(15-7-5-11-24-15)20-18(21)19-10-4-6-14-8-9-16(22-2)17(12-14)23-3/h8-9,12-13,15H,4-7,10-11H2,1-3H3,(H2,19,20,21)/t13-,15+/m0/s1. The number of hydrogen-bond acceptors (Lipinski definition) is 4. The van der Waals surface area contributed by atoms with Gasteiger partial charge in [0.2, 0.25) is 0 Å². The summed E-state index contributed by atoms with van der Waals surface area (Å²) in [5.74, 6) is 1.45. The summed E-state index contributed by atoms with van der Waals surface area (Å²) >= 11 is 0. The lowest BCUT2D eigenvalue weighted by Gasteiger charge is -2.20. The van der Waals surface area contributed by atoms with E-state index in [0.29, 0.717) is 6.54 Å². The molecule has 1 fully saturated rings. The summed E-state index contributed by atoms with van der Waals surface area (Å²) in [7, 11) is 3.25. The van der Waals surface area contributed by atoms with E-state index in [1.54, 1.807) is 14.2 Å². The first kappa shape index (κ1) is 18.4. The third-order valence-electron chi connectivity index (χ3n) is 4.26. The molecular weight excluding hydrogens is 308 g/mol. The number of carbonyl (C=O) groups excluding carboxylic acids is 1. The molecule has 0 radical (unpaired) electrons. The lowest BCUT2D eigenvalue weighted by Crippen LogP contribution is -2.46. The van der Waals surface area contributed by atoms with Crippen LogP contribution < -0.4 is 20.1 Å². The number of ether oxygens (including phenoxy) is 3. The van der Waals surface area contributed by atoms with Crippen molar-refractivity contribution in [3.05, 3.63) is 23.8 Å². The highest BCUT2D eigenvalue weighted by Gasteiger charge is 2.23. The number of methoxy groups -OCH3 is 2. The Bertz CT molecular complexity index is 530. The van der Waals surface area contributed by atoms with Crippen molar-refractivity contribution in [3.8, 4) is 11.5 Å². The Morgan fingerprint density at radius 2 is 2.12 bits per heavy atom. The van der Waals surface area contributed by atoms with Gasteiger partial charge in [0, 0.05) is 13.2 Å². The van der Waals surface area contributed by atoms with Gasteiger partial charge in [0.1, 0.15) is 0 Å². The molecule has 1 aliphatic rings. The number of amides is 2. The second kappa shape index (κ2) is 9.37. The van der Waals surface area contributed by atoms with Crippen LogP contribution in [0.3, 0.4) is 0 Å². The molecule has 0 bridgehead atoms. The summed E-state index contributed by atoms with van der Waals surface area (Å²) in [5.41, 5.74) is 1.16. The minimum absolute atomic E-state index is 0.0401. The first-order chi connectivity index (χ1) is 11.6. The molecule has 1 aromatic rings. The van der Waals surface area contributed by atoms with Gasteiger partial charge in [-0.2, -0.15) is 0 Å². The minimum Gasteiger partial charge on any atom is -0.493 e. The summed E-state index contributed by atoms with van der Waals surface area (Å²) in [5, 5.41) is 5.84. The van der Waals surface area contributed by atoms with E-state index < -0.39 is 0 Å². The van der Waals surface area contributed by atoms with Crippen LogP contribution in [0.2, 0.25) is 0 Å². The van der Waals surface area contributed by atoms with Crippen LogP contribution in [0.15, 0.2) is 18.2 Å². The molecule has 0 unspecified atom stereocenters. The Morgan fingerprint density at radius 3 is 2.79 bits per heavy atom. The zero-order valence-electron chi connectivity index (χ0n) is 14.8. The third-order valence-corrected chi connectivity index (χ3v) is 4.26. The van der Waals surface area contributed by atoms with Crippen LogP contribution in [0.25, 0.3) is 0 Å². The topological polar surface area (TPSA) is 68.8 Å². The van der Waals surface area contributed by atoms with Gasteiger partial charge in [-0.05, 0) is 50.3 Å². The smallest absolute Gasteiger partial charge is 0.315 e. The molecule has 134 valence electrons. The average molecular weight is 336 g/mol. The number of aryl methyl sites for hydroxylation is 1. The van der Waals surface area contributed by atoms with Gasteiger partial charge < -0.3 is 24.8 Å². The molecule has 24 heavy (non-hydrogen) atoms. The molecule has 0 aliphatic carbocycles. The Hall–Kier alpha value is -1.95. The quantitative estimate of drug-likeness (QED) is 0.716. The number of urea groups is 1. The molecule has 6 nitrogen and oxygen atoms in total. The monoisotopic (exact) mass is 336 g/mol. The minimum atomic E-state index is -0.134. The van der Waals surface area contributed by atoms with Crippen molar-refractivity contribution >= 4 is 6.03 Å².